The van der Waals surface area contributed by atoms with Gasteiger partial charge in [0.1, 0.15) is 0 Å². The van der Waals surface area contributed by atoms with Crippen molar-refractivity contribution in [3.8, 4) is 0 Å². The van der Waals surface area contributed by atoms with Gasteiger partial charge in [0.25, 0.3) is 0 Å². The molecule has 1 aromatic rings. The van der Waals surface area contributed by atoms with Gasteiger partial charge in [-0.15, -0.1) is 0 Å². The van der Waals surface area contributed by atoms with Crippen LogP contribution in [0.2, 0.25) is 0 Å². The van der Waals surface area contributed by atoms with Crippen molar-refractivity contribution in [1.29, 1.82) is 0 Å². The number of aliphatic hydroxyl groups is 1. The van der Waals surface area contributed by atoms with E-state index in [1.807, 2.05) is 39.5 Å². The fourth-order valence-electron chi connectivity index (χ4n) is 6.78. The number of piperidine rings is 1. The van der Waals surface area contributed by atoms with Crippen LogP contribution in [-0.4, -0.2) is 75.4 Å². The summed E-state index contributed by atoms with van der Waals surface area (Å²) in [5.74, 6) is 0.627. The molecule has 5 atom stereocenters. The van der Waals surface area contributed by atoms with Crippen molar-refractivity contribution in [1.82, 2.24) is 25.3 Å². The molecule has 3 N–H and O–H groups in total. The first-order valence-electron chi connectivity index (χ1n) is 15.5. The van der Waals surface area contributed by atoms with Crippen LogP contribution >= 0.6 is 0 Å². The molecule has 216 valence electrons. The van der Waals surface area contributed by atoms with Gasteiger partial charge in [0.05, 0.1) is 30.4 Å². The minimum absolute atomic E-state index is 0.00268. The van der Waals surface area contributed by atoms with Crippen LogP contribution in [-0.2, 0) is 17.6 Å². The molecule has 2 aliphatic carbocycles. The van der Waals surface area contributed by atoms with E-state index in [-0.39, 0.29) is 30.6 Å². The fourth-order valence-corrected chi connectivity index (χ4v) is 6.78. The Morgan fingerprint density at radius 1 is 1.16 bits per heavy atom. The van der Waals surface area contributed by atoms with Crippen LogP contribution in [0.5, 0.6) is 0 Å². The minimum Gasteiger partial charge on any atom is -0.395 e. The SMILES string of the molecule is CC.CC.C[C@H](C(=O)N(CCO)C1C=CC2CC(c3n[nH]c4c3CCC(C)(C)C4)NC2C1)N1CCCCC1. The largest absolute Gasteiger partial charge is 0.395 e. The van der Waals surface area contributed by atoms with Gasteiger partial charge in [0.15, 0.2) is 0 Å². The van der Waals surface area contributed by atoms with Gasteiger partial charge in [-0.3, -0.25) is 14.8 Å². The molecular weight excluding hydrogens is 474 g/mol. The van der Waals surface area contributed by atoms with Gasteiger partial charge in [-0.1, -0.05) is 60.1 Å². The number of carbonyl (C=O) groups is 1. The first-order valence-corrected chi connectivity index (χ1v) is 15.5. The van der Waals surface area contributed by atoms with Crippen LogP contribution < -0.4 is 5.32 Å². The van der Waals surface area contributed by atoms with E-state index in [0.717, 1.165) is 38.8 Å². The molecule has 2 aliphatic heterocycles. The van der Waals surface area contributed by atoms with Crippen LogP contribution in [0.3, 0.4) is 0 Å². The monoisotopic (exact) mass is 529 g/mol. The molecule has 0 spiro atoms. The zero-order valence-corrected chi connectivity index (χ0v) is 25.2. The molecule has 0 saturated carbocycles. The molecule has 0 radical (unpaired) electrons. The topological polar surface area (TPSA) is 84.5 Å². The van der Waals surface area contributed by atoms with Crippen molar-refractivity contribution < 1.29 is 9.90 Å². The summed E-state index contributed by atoms with van der Waals surface area (Å²) < 4.78 is 0. The normalized spacial score (nSPS) is 28.6. The lowest BCUT2D eigenvalue weighted by molar-refractivity contribution is -0.139. The zero-order chi connectivity index (χ0) is 27.9. The maximum absolute atomic E-state index is 13.5. The van der Waals surface area contributed by atoms with E-state index in [1.165, 1.54) is 42.6 Å². The summed E-state index contributed by atoms with van der Waals surface area (Å²) in [4.78, 5) is 17.7. The molecular formula is C31H55N5O2. The molecule has 0 bridgehead atoms. The van der Waals surface area contributed by atoms with Gasteiger partial charge >= 0.3 is 0 Å². The summed E-state index contributed by atoms with van der Waals surface area (Å²) in [6.07, 6.45) is 13.5. The van der Waals surface area contributed by atoms with Crippen LogP contribution in [0.1, 0.15) is 110 Å². The number of aromatic amines is 1. The number of aromatic nitrogens is 2. The van der Waals surface area contributed by atoms with Gasteiger partial charge in [0, 0.05) is 18.3 Å². The van der Waals surface area contributed by atoms with Crippen LogP contribution in [0.15, 0.2) is 12.2 Å². The highest BCUT2D eigenvalue weighted by Crippen LogP contribution is 2.41. The van der Waals surface area contributed by atoms with Crippen molar-refractivity contribution in [2.24, 2.45) is 11.3 Å². The van der Waals surface area contributed by atoms with E-state index in [4.69, 9.17) is 5.10 Å². The van der Waals surface area contributed by atoms with Gasteiger partial charge in [0.2, 0.25) is 5.91 Å². The molecule has 38 heavy (non-hydrogen) atoms. The number of H-pyrrole nitrogens is 1. The Hall–Kier alpha value is -1.70. The second-order valence-electron chi connectivity index (χ2n) is 11.8. The number of amides is 1. The number of carbonyl (C=O) groups excluding carboxylic acids is 1. The quantitative estimate of drug-likeness (QED) is 0.451. The summed E-state index contributed by atoms with van der Waals surface area (Å²) in [7, 11) is 0. The smallest absolute Gasteiger partial charge is 0.240 e. The number of likely N-dealkylation sites (tertiary alicyclic amines) is 1. The van der Waals surface area contributed by atoms with E-state index in [1.54, 1.807) is 0 Å². The second kappa shape index (κ2) is 14.1. The molecule has 7 heteroatoms. The van der Waals surface area contributed by atoms with Gasteiger partial charge < -0.3 is 15.3 Å². The lowest BCUT2D eigenvalue weighted by Crippen LogP contribution is -2.54. The Morgan fingerprint density at radius 3 is 2.55 bits per heavy atom. The number of nitrogens with one attached hydrogen (secondary N) is 2. The molecule has 1 amide bonds. The van der Waals surface area contributed by atoms with Crippen molar-refractivity contribution >= 4 is 5.91 Å². The third kappa shape index (κ3) is 6.89. The Morgan fingerprint density at radius 2 is 1.87 bits per heavy atom. The first kappa shape index (κ1) is 30.8. The Labute approximate surface area is 231 Å². The summed E-state index contributed by atoms with van der Waals surface area (Å²) in [6, 6.07) is 0.524. The molecule has 2 fully saturated rings. The maximum Gasteiger partial charge on any atom is 0.240 e. The Bertz CT molecular complexity index is 904. The number of aliphatic hydroxyl groups excluding tert-OH is 1. The highest BCUT2D eigenvalue weighted by atomic mass is 16.3. The Kier molecular flexibility index (Phi) is 11.4. The van der Waals surface area contributed by atoms with Crippen LogP contribution in [0.25, 0.3) is 0 Å². The summed E-state index contributed by atoms with van der Waals surface area (Å²) in [5.41, 5.74) is 4.32. The predicted molar refractivity (Wildman–Crippen MR) is 156 cm³/mol. The lowest BCUT2D eigenvalue weighted by atomic mass is 9.76. The number of hydrogen-bond acceptors (Lipinski definition) is 5. The second-order valence-corrected chi connectivity index (χ2v) is 11.8. The first-order chi connectivity index (χ1) is 18.4. The number of rotatable bonds is 6. The van der Waals surface area contributed by atoms with Gasteiger partial charge in [-0.2, -0.15) is 5.10 Å². The van der Waals surface area contributed by atoms with Gasteiger partial charge in [-0.05, 0) is 81.9 Å². The van der Waals surface area contributed by atoms with E-state index < -0.39 is 0 Å². The fraction of sp³-hybridized carbons (Fsp3) is 0.806. The summed E-state index contributed by atoms with van der Waals surface area (Å²) in [5, 5.41) is 21.8. The molecule has 2 saturated heterocycles. The third-order valence-electron chi connectivity index (χ3n) is 8.86. The molecule has 4 unspecified atom stereocenters. The molecule has 3 heterocycles. The summed E-state index contributed by atoms with van der Waals surface area (Å²) >= 11 is 0. The minimum atomic E-state index is -0.123. The molecule has 4 aliphatic rings. The van der Waals surface area contributed by atoms with Crippen LogP contribution in [0, 0.1) is 11.3 Å². The third-order valence-corrected chi connectivity index (χ3v) is 8.86. The predicted octanol–water partition coefficient (Wildman–Crippen LogP) is 5.02. The average Bonchev–Trinajstić information content (AvgIpc) is 3.56. The van der Waals surface area contributed by atoms with E-state index >= 15 is 0 Å². The molecule has 7 nitrogen and oxygen atoms in total. The standard InChI is InChI=1S/C27H43N5O2.2C2H6/c1-18(31-11-5-4-6-12-31)26(34)32(13-14-33)20-8-7-19-15-23(28-22(19)16-20)25-21-9-10-27(2,3)17-24(21)29-30-25;2*1-2/h7-8,18-20,22-23,28,33H,4-6,9-17H2,1-3H3,(H,29,30);2*1-2H3/t18-,19?,20?,22?,23?;;/m1../s1. The lowest BCUT2D eigenvalue weighted by Gasteiger charge is -2.39. The molecule has 1 aromatic heterocycles. The van der Waals surface area contributed by atoms with Crippen molar-refractivity contribution in [3.63, 3.8) is 0 Å². The molecule has 0 aromatic carbocycles. The van der Waals surface area contributed by atoms with E-state index in [9.17, 15) is 9.90 Å². The van der Waals surface area contributed by atoms with Crippen molar-refractivity contribution in [3.05, 3.63) is 29.1 Å². The number of nitrogens with zero attached hydrogens (tertiary/aromatic N) is 3. The van der Waals surface area contributed by atoms with Gasteiger partial charge in [-0.25, -0.2) is 0 Å². The Balaban J connectivity index is 0.000000956. The number of fused-ring (bicyclic) bond motifs is 2. The molecule has 5 rings (SSSR count). The average molecular weight is 530 g/mol. The van der Waals surface area contributed by atoms with Crippen molar-refractivity contribution in [2.45, 2.75) is 124 Å². The zero-order valence-electron chi connectivity index (χ0n) is 25.2. The summed E-state index contributed by atoms with van der Waals surface area (Å²) in [6.45, 7) is 17.1. The van der Waals surface area contributed by atoms with Crippen molar-refractivity contribution in [2.75, 3.05) is 26.2 Å². The number of hydrogen-bond donors (Lipinski definition) is 3. The van der Waals surface area contributed by atoms with Crippen LogP contribution in [0.4, 0.5) is 0 Å². The van der Waals surface area contributed by atoms with E-state index in [0.29, 0.717) is 23.9 Å². The maximum atomic E-state index is 13.5. The highest BCUT2D eigenvalue weighted by Gasteiger charge is 2.41. The highest BCUT2D eigenvalue weighted by molar-refractivity contribution is 5.82. The van der Waals surface area contributed by atoms with E-state index in [2.05, 4.69) is 41.3 Å².